The minimum absolute atomic E-state index is 0.170. The van der Waals surface area contributed by atoms with Crippen molar-refractivity contribution in [1.29, 1.82) is 0 Å². The number of aromatic nitrogens is 2. The second kappa shape index (κ2) is 10.2. The smallest absolute Gasteiger partial charge is 0.338 e. The molecule has 0 saturated carbocycles. The maximum atomic E-state index is 12.4. The van der Waals surface area contributed by atoms with E-state index in [-0.39, 0.29) is 10.6 Å². The van der Waals surface area contributed by atoms with Crippen LogP contribution in [0.1, 0.15) is 42.0 Å². The Kier molecular flexibility index (Phi) is 7.90. The van der Waals surface area contributed by atoms with Crippen molar-refractivity contribution in [1.82, 2.24) is 9.78 Å². The van der Waals surface area contributed by atoms with Crippen molar-refractivity contribution >= 4 is 29.2 Å². The van der Waals surface area contributed by atoms with Gasteiger partial charge in [-0.25, -0.2) is 4.79 Å². The predicted octanol–water partition coefficient (Wildman–Crippen LogP) is 3.67. The van der Waals surface area contributed by atoms with Crippen LogP contribution in [-0.4, -0.2) is 41.5 Å². The normalized spacial score (nSPS) is 10.6. The van der Waals surface area contributed by atoms with Crippen LogP contribution >= 0.6 is 11.6 Å². The van der Waals surface area contributed by atoms with Gasteiger partial charge in [-0.15, -0.1) is 0 Å². The molecule has 9 heteroatoms. The van der Waals surface area contributed by atoms with Gasteiger partial charge in [0.2, 0.25) is 0 Å². The first-order valence-electron chi connectivity index (χ1n) is 9.34. The molecular formula is C20H26ClN3O5. The number of rotatable bonds is 9. The van der Waals surface area contributed by atoms with E-state index in [1.165, 1.54) is 12.1 Å². The van der Waals surface area contributed by atoms with E-state index in [4.69, 9.17) is 25.8 Å². The molecule has 29 heavy (non-hydrogen) atoms. The zero-order chi connectivity index (χ0) is 21.6. The molecule has 0 radical (unpaired) electrons. The molecule has 2 rings (SSSR count). The van der Waals surface area contributed by atoms with E-state index in [0.29, 0.717) is 36.1 Å². The third-order valence-electron chi connectivity index (χ3n) is 4.10. The molecule has 1 N–H and O–H groups in total. The Bertz CT molecular complexity index is 895. The Balaban J connectivity index is 2.07. The third-order valence-corrected chi connectivity index (χ3v) is 4.38. The molecule has 0 aliphatic heterocycles. The summed E-state index contributed by atoms with van der Waals surface area (Å²) >= 11 is 6.26. The van der Waals surface area contributed by atoms with Crippen molar-refractivity contribution < 1.29 is 23.8 Å². The molecule has 0 bridgehead atoms. The number of nitrogens with one attached hydrogen (secondary N) is 1. The number of amides is 1. The Labute approximate surface area is 175 Å². The maximum absolute atomic E-state index is 12.4. The summed E-state index contributed by atoms with van der Waals surface area (Å²) in [4.78, 5) is 24.6. The molecule has 8 nitrogen and oxygen atoms in total. The maximum Gasteiger partial charge on any atom is 0.338 e. The van der Waals surface area contributed by atoms with Crippen LogP contribution in [0.3, 0.4) is 0 Å². The number of hydrogen-bond acceptors (Lipinski definition) is 6. The van der Waals surface area contributed by atoms with Gasteiger partial charge in [0.15, 0.2) is 18.1 Å². The first kappa shape index (κ1) is 22.5. The van der Waals surface area contributed by atoms with Gasteiger partial charge in [0.1, 0.15) is 0 Å². The van der Waals surface area contributed by atoms with Gasteiger partial charge in [-0.3, -0.25) is 9.48 Å². The average Bonchev–Trinajstić information content (AvgIpc) is 2.91. The number of anilines is 1. The second-order valence-corrected chi connectivity index (χ2v) is 6.77. The van der Waals surface area contributed by atoms with Gasteiger partial charge in [-0.2, -0.15) is 5.10 Å². The summed E-state index contributed by atoms with van der Waals surface area (Å²) in [5.74, 6) is -0.417. The van der Waals surface area contributed by atoms with Crippen molar-refractivity contribution in [3.63, 3.8) is 0 Å². The van der Waals surface area contributed by atoms with Gasteiger partial charge >= 0.3 is 5.97 Å². The Morgan fingerprint density at radius 3 is 2.52 bits per heavy atom. The zero-order valence-corrected chi connectivity index (χ0v) is 18.1. The number of ether oxygens (including phenoxy) is 3. The van der Waals surface area contributed by atoms with Gasteiger partial charge in [-0.1, -0.05) is 18.5 Å². The minimum atomic E-state index is -0.690. The number of aryl methyl sites for hydroxylation is 2. The largest absolute Gasteiger partial charge is 0.490 e. The lowest BCUT2D eigenvalue weighted by Gasteiger charge is -2.14. The number of carbonyl (C=O) groups excluding carboxylic acids is 2. The monoisotopic (exact) mass is 423 g/mol. The van der Waals surface area contributed by atoms with Crippen LogP contribution in [0.25, 0.3) is 0 Å². The molecule has 2 aromatic rings. The lowest BCUT2D eigenvalue weighted by molar-refractivity contribution is -0.119. The fourth-order valence-electron chi connectivity index (χ4n) is 2.64. The SMILES string of the molecule is CCCOc1c(Cl)cc(C(=O)OCC(=O)Nc2c(C)nn(C)c2C)cc1OCC. The highest BCUT2D eigenvalue weighted by atomic mass is 35.5. The van der Waals surface area contributed by atoms with E-state index in [2.05, 4.69) is 10.4 Å². The van der Waals surface area contributed by atoms with Crippen molar-refractivity contribution in [3.05, 3.63) is 34.1 Å². The van der Waals surface area contributed by atoms with Crippen molar-refractivity contribution in [3.8, 4) is 11.5 Å². The summed E-state index contributed by atoms with van der Waals surface area (Å²) in [5.41, 5.74) is 2.26. The van der Waals surface area contributed by atoms with Gasteiger partial charge in [0, 0.05) is 7.05 Å². The molecule has 158 valence electrons. The quantitative estimate of drug-likeness (QED) is 0.618. The van der Waals surface area contributed by atoms with E-state index in [1.54, 1.807) is 18.7 Å². The summed E-state index contributed by atoms with van der Waals surface area (Å²) in [6, 6.07) is 2.93. The summed E-state index contributed by atoms with van der Waals surface area (Å²) in [6.45, 7) is 7.81. The minimum Gasteiger partial charge on any atom is -0.490 e. The van der Waals surface area contributed by atoms with E-state index in [1.807, 2.05) is 20.8 Å². The average molecular weight is 424 g/mol. The Hall–Kier alpha value is -2.74. The van der Waals surface area contributed by atoms with Gasteiger partial charge in [0.25, 0.3) is 5.91 Å². The molecule has 0 fully saturated rings. The zero-order valence-electron chi connectivity index (χ0n) is 17.3. The van der Waals surface area contributed by atoms with Crippen LogP contribution in [0, 0.1) is 13.8 Å². The fraction of sp³-hybridized carbons (Fsp3) is 0.450. The topological polar surface area (TPSA) is 91.7 Å². The molecular weight excluding hydrogens is 398 g/mol. The van der Waals surface area contributed by atoms with E-state index in [0.717, 1.165) is 12.1 Å². The molecule has 1 amide bonds. The molecule has 1 aromatic carbocycles. The highest BCUT2D eigenvalue weighted by Crippen LogP contribution is 2.37. The van der Waals surface area contributed by atoms with Gasteiger partial charge < -0.3 is 19.5 Å². The number of carbonyl (C=O) groups is 2. The number of esters is 1. The van der Waals surface area contributed by atoms with E-state index in [9.17, 15) is 9.59 Å². The van der Waals surface area contributed by atoms with Gasteiger partial charge in [0.05, 0.1) is 40.9 Å². The number of benzene rings is 1. The van der Waals surface area contributed by atoms with Crippen LogP contribution < -0.4 is 14.8 Å². The van der Waals surface area contributed by atoms with Crippen LogP contribution in [0.4, 0.5) is 5.69 Å². The van der Waals surface area contributed by atoms with Crippen molar-refractivity contribution in [2.24, 2.45) is 7.05 Å². The van der Waals surface area contributed by atoms with Crippen LogP contribution in [-0.2, 0) is 16.6 Å². The van der Waals surface area contributed by atoms with Gasteiger partial charge in [-0.05, 0) is 39.3 Å². The highest BCUT2D eigenvalue weighted by molar-refractivity contribution is 6.32. The molecule has 0 unspecified atom stereocenters. The first-order valence-corrected chi connectivity index (χ1v) is 9.72. The number of hydrogen-bond donors (Lipinski definition) is 1. The first-order chi connectivity index (χ1) is 13.8. The van der Waals surface area contributed by atoms with Crippen molar-refractivity contribution in [2.45, 2.75) is 34.1 Å². The lowest BCUT2D eigenvalue weighted by Crippen LogP contribution is -2.21. The van der Waals surface area contributed by atoms with Crippen LogP contribution in [0.15, 0.2) is 12.1 Å². The number of nitrogens with zero attached hydrogens (tertiary/aromatic N) is 2. The van der Waals surface area contributed by atoms with Crippen LogP contribution in [0.2, 0.25) is 5.02 Å². The third kappa shape index (κ3) is 5.63. The predicted molar refractivity (Wildman–Crippen MR) is 110 cm³/mol. The summed E-state index contributed by atoms with van der Waals surface area (Å²) in [5, 5.41) is 7.18. The van der Waals surface area contributed by atoms with E-state index >= 15 is 0 Å². The lowest BCUT2D eigenvalue weighted by atomic mass is 10.2. The second-order valence-electron chi connectivity index (χ2n) is 6.36. The molecule has 0 aliphatic carbocycles. The molecule has 1 aromatic heterocycles. The molecule has 0 aliphatic rings. The molecule has 0 spiro atoms. The molecule has 0 atom stereocenters. The summed E-state index contributed by atoms with van der Waals surface area (Å²) in [7, 11) is 1.78. The van der Waals surface area contributed by atoms with Crippen molar-refractivity contribution in [2.75, 3.05) is 25.1 Å². The summed E-state index contributed by atoms with van der Waals surface area (Å²) < 4.78 is 17.9. The highest BCUT2D eigenvalue weighted by Gasteiger charge is 2.19. The molecule has 1 heterocycles. The van der Waals surface area contributed by atoms with E-state index < -0.39 is 18.5 Å². The number of halogens is 1. The molecule has 0 saturated heterocycles. The fourth-order valence-corrected chi connectivity index (χ4v) is 2.90. The Morgan fingerprint density at radius 1 is 1.21 bits per heavy atom. The standard InChI is InChI=1S/C20H26ClN3O5/c1-6-8-28-19-15(21)9-14(10-16(19)27-7-2)20(26)29-11-17(25)22-18-12(3)23-24(5)13(18)4/h9-10H,6-8,11H2,1-5H3,(H,22,25). The summed E-state index contributed by atoms with van der Waals surface area (Å²) in [6.07, 6.45) is 0.802. The Morgan fingerprint density at radius 2 is 1.93 bits per heavy atom. The van der Waals surface area contributed by atoms with Crippen LogP contribution in [0.5, 0.6) is 11.5 Å².